The molecular formula is C18H33N. The Morgan fingerprint density at radius 3 is 1.79 bits per heavy atom. The van der Waals surface area contributed by atoms with Crippen LogP contribution in [0.25, 0.3) is 0 Å². The maximum atomic E-state index is 3.91. The molecular weight excluding hydrogens is 230 g/mol. The lowest BCUT2D eigenvalue weighted by molar-refractivity contribution is -0.0609. The molecule has 4 saturated carbocycles. The van der Waals surface area contributed by atoms with Crippen molar-refractivity contribution in [2.45, 2.75) is 71.8 Å². The highest BCUT2D eigenvalue weighted by Gasteiger charge is 2.51. The van der Waals surface area contributed by atoms with Crippen molar-refractivity contribution in [2.75, 3.05) is 6.54 Å². The second-order valence-corrected chi connectivity index (χ2v) is 7.67. The molecule has 0 heterocycles. The fourth-order valence-electron chi connectivity index (χ4n) is 6.20. The van der Waals surface area contributed by atoms with Gasteiger partial charge >= 0.3 is 0 Å². The lowest BCUT2D eigenvalue weighted by Crippen LogP contribution is -2.55. The average Bonchev–Trinajstić information content (AvgIpc) is 2.38. The van der Waals surface area contributed by atoms with Gasteiger partial charge in [0.1, 0.15) is 0 Å². The van der Waals surface area contributed by atoms with Gasteiger partial charge in [0.05, 0.1) is 0 Å². The predicted octanol–water partition coefficient (Wildman–Crippen LogP) is 4.47. The Labute approximate surface area is 119 Å². The molecule has 0 amide bonds. The summed E-state index contributed by atoms with van der Waals surface area (Å²) in [5.74, 6) is 6.28. The molecule has 1 unspecified atom stereocenters. The first kappa shape index (κ1) is 13.9. The van der Waals surface area contributed by atoms with E-state index >= 15 is 0 Å². The third kappa shape index (κ3) is 2.48. The van der Waals surface area contributed by atoms with E-state index in [9.17, 15) is 0 Å². The number of hydrogen-bond acceptors (Lipinski definition) is 1. The van der Waals surface area contributed by atoms with Crippen molar-refractivity contribution in [3.05, 3.63) is 0 Å². The minimum absolute atomic E-state index is 0.815. The lowest BCUT2D eigenvalue weighted by Gasteiger charge is -2.57. The zero-order chi connectivity index (χ0) is 13.4. The maximum absolute atomic E-state index is 3.91. The van der Waals surface area contributed by atoms with Crippen LogP contribution in [0.15, 0.2) is 0 Å². The first-order valence-corrected chi connectivity index (χ1v) is 9.00. The van der Waals surface area contributed by atoms with E-state index in [1.165, 1.54) is 12.8 Å². The van der Waals surface area contributed by atoms with E-state index in [-0.39, 0.29) is 0 Å². The largest absolute Gasteiger partial charge is 0.314 e. The minimum atomic E-state index is 0.815. The van der Waals surface area contributed by atoms with Crippen LogP contribution in [-0.2, 0) is 0 Å². The molecule has 0 spiro atoms. The standard InChI is InChI=1S/C18H33N/c1-4-14(5-2)18(19-6-3)17-15-8-12-7-13(10-15)11-16(17)9-12/h12-19H,4-11H2,1-3H3. The summed E-state index contributed by atoms with van der Waals surface area (Å²) in [7, 11) is 0. The van der Waals surface area contributed by atoms with Gasteiger partial charge in [0.2, 0.25) is 0 Å². The molecule has 4 bridgehead atoms. The van der Waals surface area contributed by atoms with Gasteiger partial charge < -0.3 is 5.32 Å². The van der Waals surface area contributed by atoms with Crippen LogP contribution < -0.4 is 5.32 Å². The highest BCUT2D eigenvalue weighted by atomic mass is 14.9. The van der Waals surface area contributed by atoms with E-state index < -0.39 is 0 Å². The van der Waals surface area contributed by atoms with Crippen LogP contribution in [0, 0.1) is 35.5 Å². The molecule has 4 aliphatic rings. The van der Waals surface area contributed by atoms with Gasteiger partial charge in [-0.25, -0.2) is 0 Å². The number of rotatable bonds is 6. The van der Waals surface area contributed by atoms with Crippen LogP contribution in [0.4, 0.5) is 0 Å². The molecule has 0 aromatic heterocycles. The van der Waals surface area contributed by atoms with E-state index in [1.807, 2.05) is 0 Å². The van der Waals surface area contributed by atoms with Gasteiger partial charge in [0.25, 0.3) is 0 Å². The molecule has 1 nitrogen and oxygen atoms in total. The SMILES string of the molecule is CCNC(C(CC)CC)C1C2CC3CC(C2)CC1C3. The van der Waals surface area contributed by atoms with Crippen LogP contribution in [0.2, 0.25) is 0 Å². The van der Waals surface area contributed by atoms with Gasteiger partial charge in [-0.15, -0.1) is 0 Å². The fourth-order valence-corrected chi connectivity index (χ4v) is 6.20. The monoisotopic (exact) mass is 263 g/mol. The van der Waals surface area contributed by atoms with Gasteiger partial charge in [0, 0.05) is 6.04 Å². The molecule has 0 radical (unpaired) electrons. The van der Waals surface area contributed by atoms with Crippen LogP contribution in [0.5, 0.6) is 0 Å². The highest BCUT2D eigenvalue weighted by molar-refractivity contribution is 5.02. The summed E-state index contributed by atoms with van der Waals surface area (Å²) in [6.45, 7) is 8.25. The second kappa shape index (κ2) is 5.76. The van der Waals surface area contributed by atoms with Crippen LogP contribution in [0.3, 0.4) is 0 Å². The molecule has 1 N–H and O–H groups in total. The Morgan fingerprint density at radius 2 is 1.37 bits per heavy atom. The van der Waals surface area contributed by atoms with E-state index in [4.69, 9.17) is 0 Å². The van der Waals surface area contributed by atoms with Crippen molar-refractivity contribution in [1.82, 2.24) is 5.32 Å². The second-order valence-electron chi connectivity index (χ2n) is 7.67. The summed E-state index contributed by atoms with van der Waals surface area (Å²) >= 11 is 0. The van der Waals surface area contributed by atoms with Gasteiger partial charge in [-0.2, -0.15) is 0 Å². The molecule has 4 aliphatic carbocycles. The first-order valence-electron chi connectivity index (χ1n) is 9.00. The van der Waals surface area contributed by atoms with Crippen molar-refractivity contribution < 1.29 is 0 Å². The van der Waals surface area contributed by atoms with Crippen molar-refractivity contribution >= 4 is 0 Å². The van der Waals surface area contributed by atoms with Crippen LogP contribution in [0.1, 0.15) is 65.7 Å². The van der Waals surface area contributed by atoms with Crippen molar-refractivity contribution in [1.29, 1.82) is 0 Å². The molecule has 4 fully saturated rings. The van der Waals surface area contributed by atoms with Crippen LogP contribution >= 0.6 is 0 Å². The van der Waals surface area contributed by atoms with Gasteiger partial charge in [-0.05, 0) is 74.2 Å². The fraction of sp³-hybridized carbons (Fsp3) is 1.00. The Morgan fingerprint density at radius 1 is 0.842 bits per heavy atom. The number of nitrogens with one attached hydrogen (secondary N) is 1. The summed E-state index contributed by atoms with van der Waals surface area (Å²) in [6.07, 6.45) is 10.6. The van der Waals surface area contributed by atoms with Crippen molar-refractivity contribution in [3.63, 3.8) is 0 Å². The Kier molecular flexibility index (Phi) is 4.22. The Hall–Kier alpha value is -0.0400. The topological polar surface area (TPSA) is 12.0 Å². The van der Waals surface area contributed by atoms with Gasteiger partial charge in [-0.3, -0.25) is 0 Å². The summed E-state index contributed by atoms with van der Waals surface area (Å²) in [5, 5.41) is 3.91. The predicted molar refractivity (Wildman–Crippen MR) is 82.1 cm³/mol. The smallest absolute Gasteiger partial charge is 0.0129 e. The summed E-state index contributed by atoms with van der Waals surface area (Å²) in [4.78, 5) is 0. The Bertz CT molecular complexity index is 266. The zero-order valence-corrected chi connectivity index (χ0v) is 13.2. The summed E-state index contributed by atoms with van der Waals surface area (Å²) < 4.78 is 0. The van der Waals surface area contributed by atoms with E-state index in [0.717, 1.165) is 48.1 Å². The molecule has 110 valence electrons. The van der Waals surface area contributed by atoms with Crippen LogP contribution in [-0.4, -0.2) is 12.6 Å². The Balaban J connectivity index is 1.78. The molecule has 1 heteroatoms. The molecule has 0 aromatic carbocycles. The molecule has 19 heavy (non-hydrogen) atoms. The highest BCUT2D eigenvalue weighted by Crippen LogP contribution is 2.58. The first-order chi connectivity index (χ1) is 9.26. The third-order valence-corrected chi connectivity index (χ3v) is 6.71. The van der Waals surface area contributed by atoms with E-state index in [1.54, 1.807) is 32.1 Å². The molecule has 1 atom stereocenters. The van der Waals surface area contributed by atoms with E-state index in [2.05, 4.69) is 26.1 Å². The average molecular weight is 263 g/mol. The van der Waals surface area contributed by atoms with Gasteiger partial charge in [-0.1, -0.05) is 33.6 Å². The summed E-state index contributed by atoms with van der Waals surface area (Å²) in [5.41, 5.74) is 0. The summed E-state index contributed by atoms with van der Waals surface area (Å²) in [6, 6.07) is 0.815. The molecule has 4 rings (SSSR count). The third-order valence-electron chi connectivity index (χ3n) is 6.71. The van der Waals surface area contributed by atoms with Gasteiger partial charge in [0.15, 0.2) is 0 Å². The zero-order valence-electron chi connectivity index (χ0n) is 13.2. The quantitative estimate of drug-likeness (QED) is 0.745. The van der Waals surface area contributed by atoms with Crippen molar-refractivity contribution in [2.24, 2.45) is 35.5 Å². The molecule has 0 aromatic rings. The maximum Gasteiger partial charge on any atom is 0.0129 e. The molecule has 0 aliphatic heterocycles. The lowest BCUT2D eigenvalue weighted by atomic mass is 9.49. The molecule has 0 saturated heterocycles. The number of hydrogen-bond donors (Lipinski definition) is 1. The van der Waals surface area contributed by atoms with Crippen molar-refractivity contribution in [3.8, 4) is 0 Å². The van der Waals surface area contributed by atoms with E-state index in [0.29, 0.717) is 0 Å². The normalized spacial score (nSPS) is 42.0. The minimum Gasteiger partial charge on any atom is -0.314 e.